The van der Waals surface area contributed by atoms with E-state index in [0.717, 1.165) is 19.4 Å². The van der Waals surface area contributed by atoms with Crippen LogP contribution in [0.3, 0.4) is 0 Å². The second kappa shape index (κ2) is 5.92. The molecule has 0 aromatic carbocycles. The first kappa shape index (κ1) is 14.2. The van der Waals surface area contributed by atoms with Crippen molar-refractivity contribution >= 4 is 5.97 Å². The predicted molar refractivity (Wildman–Crippen MR) is 46.3 cm³/mol. The molecule has 0 aliphatic heterocycles. The molecule has 0 unspecified atom stereocenters. The first-order valence-electron chi connectivity index (χ1n) is 4.44. The summed E-state index contributed by atoms with van der Waals surface area (Å²) >= 11 is 0. The van der Waals surface area contributed by atoms with E-state index in [4.69, 9.17) is 20.4 Å². The zero-order valence-electron chi connectivity index (χ0n) is 8.25. The van der Waals surface area contributed by atoms with Gasteiger partial charge in [-0.3, -0.25) is 0 Å². The van der Waals surface area contributed by atoms with Crippen molar-refractivity contribution in [3.63, 3.8) is 0 Å². The van der Waals surface area contributed by atoms with E-state index in [9.17, 15) is 13.2 Å². The second-order valence-corrected chi connectivity index (χ2v) is 3.11. The monoisotopic (exact) mass is 229 g/mol. The van der Waals surface area contributed by atoms with Crippen molar-refractivity contribution in [1.82, 2.24) is 0 Å². The van der Waals surface area contributed by atoms with E-state index in [-0.39, 0.29) is 0 Å². The number of carboxylic acid groups (broad SMARTS) is 1. The lowest BCUT2D eigenvalue weighted by atomic mass is 9.90. The molecule has 1 saturated carbocycles. The summed E-state index contributed by atoms with van der Waals surface area (Å²) in [5.41, 5.74) is 5.52. The quantitative estimate of drug-likeness (QED) is 0.744. The first-order valence-corrected chi connectivity index (χ1v) is 4.44. The van der Waals surface area contributed by atoms with Crippen LogP contribution in [0, 0.1) is 0 Å². The summed E-state index contributed by atoms with van der Waals surface area (Å²) < 4.78 is 37.0. The zero-order valence-corrected chi connectivity index (χ0v) is 8.25. The van der Waals surface area contributed by atoms with Gasteiger partial charge in [-0.2, -0.15) is 13.2 Å². The highest BCUT2D eigenvalue weighted by Crippen LogP contribution is 2.20. The van der Waals surface area contributed by atoms with Crippen LogP contribution in [0.25, 0.3) is 0 Å². The number of carbonyl (C=O) groups is 1. The molecule has 0 spiro atoms. The lowest BCUT2D eigenvalue weighted by molar-refractivity contribution is -0.192. The van der Waals surface area contributed by atoms with Crippen LogP contribution in [-0.4, -0.2) is 36.0 Å². The van der Waals surface area contributed by atoms with Gasteiger partial charge in [0.1, 0.15) is 0 Å². The summed E-state index contributed by atoms with van der Waals surface area (Å²) in [5, 5.41) is 7.12. The molecular formula is C8H14F3NO3. The first-order chi connectivity index (χ1) is 6.77. The Bertz CT molecular complexity index is 199. The van der Waals surface area contributed by atoms with Crippen LogP contribution in [0.15, 0.2) is 0 Å². The molecule has 0 aromatic heterocycles. The molecule has 7 heteroatoms. The number of nitrogens with two attached hydrogens (primary N) is 1. The van der Waals surface area contributed by atoms with Crippen molar-refractivity contribution in [2.75, 3.05) is 6.61 Å². The lowest BCUT2D eigenvalue weighted by Crippen LogP contribution is -2.41. The van der Waals surface area contributed by atoms with E-state index < -0.39 is 12.1 Å². The Morgan fingerprint density at radius 3 is 2.13 bits per heavy atom. The molecule has 1 aliphatic rings. The summed E-state index contributed by atoms with van der Waals surface area (Å²) in [6.45, 7) is 2.85. The van der Waals surface area contributed by atoms with E-state index in [1.165, 1.54) is 0 Å². The molecule has 90 valence electrons. The van der Waals surface area contributed by atoms with Gasteiger partial charge in [-0.15, -0.1) is 0 Å². The normalized spacial score (nSPS) is 24.9. The Morgan fingerprint density at radius 2 is 1.93 bits per heavy atom. The second-order valence-electron chi connectivity index (χ2n) is 3.11. The van der Waals surface area contributed by atoms with Gasteiger partial charge in [0, 0.05) is 12.6 Å². The fourth-order valence-corrected chi connectivity index (χ4v) is 0.978. The average molecular weight is 229 g/mol. The molecule has 0 saturated heterocycles. The smallest absolute Gasteiger partial charge is 0.475 e. The van der Waals surface area contributed by atoms with Crippen LogP contribution >= 0.6 is 0 Å². The van der Waals surface area contributed by atoms with Gasteiger partial charge in [0.2, 0.25) is 0 Å². The van der Waals surface area contributed by atoms with Crippen LogP contribution < -0.4 is 5.73 Å². The van der Waals surface area contributed by atoms with Crippen molar-refractivity contribution < 1.29 is 27.8 Å². The fourth-order valence-electron chi connectivity index (χ4n) is 0.978. The Balaban J connectivity index is 0.000000265. The van der Waals surface area contributed by atoms with Crippen LogP contribution in [0.5, 0.6) is 0 Å². The van der Waals surface area contributed by atoms with Crippen molar-refractivity contribution in [2.45, 2.75) is 38.1 Å². The fraction of sp³-hybridized carbons (Fsp3) is 0.875. The van der Waals surface area contributed by atoms with E-state index in [1.807, 2.05) is 6.92 Å². The highest BCUT2D eigenvalue weighted by molar-refractivity contribution is 5.73. The maximum Gasteiger partial charge on any atom is 0.490 e. The Morgan fingerprint density at radius 1 is 1.53 bits per heavy atom. The molecule has 0 heterocycles. The SMILES string of the molecule is CCO[C@H]1C[C@@H](N)C1.O=C(O)C(F)(F)F. The molecule has 0 aromatic rings. The minimum absolute atomic E-state index is 0.423. The molecule has 1 aliphatic carbocycles. The van der Waals surface area contributed by atoms with Gasteiger partial charge in [0.25, 0.3) is 0 Å². The zero-order chi connectivity index (χ0) is 12.1. The minimum Gasteiger partial charge on any atom is -0.475 e. The summed E-state index contributed by atoms with van der Waals surface area (Å²) in [6.07, 6.45) is -2.48. The number of alkyl halides is 3. The molecule has 1 fully saturated rings. The Kier molecular flexibility index (Phi) is 5.59. The molecule has 1 rings (SSSR count). The van der Waals surface area contributed by atoms with Gasteiger partial charge >= 0.3 is 12.1 Å². The van der Waals surface area contributed by atoms with Crippen molar-refractivity contribution in [3.8, 4) is 0 Å². The molecule has 0 atom stereocenters. The Hall–Kier alpha value is -0.820. The van der Waals surface area contributed by atoms with Gasteiger partial charge in [-0.05, 0) is 19.8 Å². The average Bonchev–Trinajstić information content (AvgIpc) is 2.01. The number of halogens is 3. The van der Waals surface area contributed by atoms with E-state index in [1.54, 1.807) is 0 Å². The molecule has 0 radical (unpaired) electrons. The topological polar surface area (TPSA) is 72.5 Å². The molecule has 4 nitrogen and oxygen atoms in total. The summed E-state index contributed by atoms with van der Waals surface area (Å²) in [4.78, 5) is 8.90. The van der Waals surface area contributed by atoms with E-state index >= 15 is 0 Å². The maximum atomic E-state index is 10.6. The third kappa shape index (κ3) is 6.29. The highest BCUT2D eigenvalue weighted by Gasteiger charge is 2.38. The molecule has 15 heavy (non-hydrogen) atoms. The van der Waals surface area contributed by atoms with Crippen molar-refractivity contribution in [1.29, 1.82) is 0 Å². The molecular weight excluding hydrogens is 215 g/mol. The van der Waals surface area contributed by atoms with Crippen molar-refractivity contribution in [3.05, 3.63) is 0 Å². The number of rotatable bonds is 2. The maximum absolute atomic E-state index is 10.6. The van der Waals surface area contributed by atoms with Crippen LogP contribution in [-0.2, 0) is 9.53 Å². The third-order valence-electron chi connectivity index (χ3n) is 1.78. The predicted octanol–water partition coefficient (Wildman–Crippen LogP) is 1.15. The summed E-state index contributed by atoms with van der Waals surface area (Å²) in [6, 6.07) is 0.423. The van der Waals surface area contributed by atoms with Gasteiger partial charge in [0.15, 0.2) is 0 Å². The molecule has 0 bridgehead atoms. The van der Waals surface area contributed by atoms with Crippen LogP contribution in [0.2, 0.25) is 0 Å². The van der Waals surface area contributed by atoms with Gasteiger partial charge < -0.3 is 15.6 Å². The minimum atomic E-state index is -5.08. The van der Waals surface area contributed by atoms with Crippen LogP contribution in [0.1, 0.15) is 19.8 Å². The largest absolute Gasteiger partial charge is 0.490 e. The highest BCUT2D eigenvalue weighted by atomic mass is 19.4. The Labute approximate surface area is 85.2 Å². The van der Waals surface area contributed by atoms with Crippen LogP contribution in [0.4, 0.5) is 13.2 Å². The third-order valence-corrected chi connectivity index (χ3v) is 1.78. The van der Waals surface area contributed by atoms with Gasteiger partial charge in [0.05, 0.1) is 6.10 Å². The molecule has 0 amide bonds. The number of carboxylic acids is 1. The number of hydrogen-bond donors (Lipinski definition) is 2. The summed E-state index contributed by atoms with van der Waals surface area (Å²) in [5.74, 6) is -2.76. The standard InChI is InChI=1S/C6H13NO.C2HF3O2/c1-2-8-6-3-5(7)4-6;3-2(4,5)1(6)7/h5-6H,2-4,7H2,1H3;(H,6,7)/t5-,6+;. The van der Waals surface area contributed by atoms with Crippen molar-refractivity contribution in [2.24, 2.45) is 5.73 Å². The number of aliphatic carboxylic acids is 1. The summed E-state index contributed by atoms with van der Waals surface area (Å²) in [7, 11) is 0. The molecule has 3 N–H and O–H groups in total. The lowest BCUT2D eigenvalue weighted by Gasteiger charge is -2.31. The van der Waals surface area contributed by atoms with Gasteiger partial charge in [-0.25, -0.2) is 4.79 Å². The van der Waals surface area contributed by atoms with E-state index in [0.29, 0.717) is 12.1 Å². The number of ether oxygens (including phenoxy) is 1. The van der Waals surface area contributed by atoms with E-state index in [2.05, 4.69) is 0 Å². The van der Waals surface area contributed by atoms with Gasteiger partial charge in [-0.1, -0.05) is 0 Å². The number of hydrogen-bond acceptors (Lipinski definition) is 3.